The SMILES string of the molecule is CSc1nn(-c2ccc(C(=O)OCc3ccc(C#N)cc3)cc2)c(=S)s1. The van der Waals surface area contributed by atoms with Gasteiger partial charge in [-0.25, -0.2) is 9.48 Å². The van der Waals surface area contributed by atoms with Crippen molar-refractivity contribution in [2.45, 2.75) is 10.9 Å². The number of ether oxygens (including phenoxy) is 1. The summed E-state index contributed by atoms with van der Waals surface area (Å²) in [6, 6.07) is 15.9. The first-order valence-corrected chi connectivity index (χ1v) is 9.96. The normalized spacial score (nSPS) is 10.3. The number of esters is 1. The van der Waals surface area contributed by atoms with Crippen molar-refractivity contribution in [2.75, 3.05) is 6.26 Å². The summed E-state index contributed by atoms with van der Waals surface area (Å²) in [5.41, 5.74) is 2.65. The lowest BCUT2D eigenvalue weighted by Gasteiger charge is -2.06. The van der Waals surface area contributed by atoms with Crippen molar-refractivity contribution < 1.29 is 9.53 Å². The number of nitrogens with zero attached hydrogens (tertiary/aromatic N) is 3. The number of carbonyl (C=O) groups excluding carboxylic acids is 1. The predicted octanol–water partition coefficient (Wildman–Crippen LogP) is 4.61. The Kier molecular flexibility index (Phi) is 5.83. The summed E-state index contributed by atoms with van der Waals surface area (Å²) in [6.45, 7) is 0.153. The first kappa shape index (κ1) is 18.3. The van der Waals surface area contributed by atoms with E-state index in [1.54, 1.807) is 65.0 Å². The van der Waals surface area contributed by atoms with Crippen LogP contribution in [0.5, 0.6) is 0 Å². The van der Waals surface area contributed by atoms with Crippen molar-refractivity contribution in [2.24, 2.45) is 0 Å². The van der Waals surface area contributed by atoms with Crippen LogP contribution in [-0.4, -0.2) is 22.0 Å². The van der Waals surface area contributed by atoms with Gasteiger partial charge in [0, 0.05) is 0 Å². The second-order valence-corrected chi connectivity index (χ2v) is 7.86. The third-order valence-electron chi connectivity index (χ3n) is 3.50. The highest BCUT2D eigenvalue weighted by Crippen LogP contribution is 2.22. The molecule has 0 amide bonds. The fraction of sp³-hybridized carbons (Fsp3) is 0.111. The highest BCUT2D eigenvalue weighted by Gasteiger charge is 2.10. The molecule has 3 rings (SSSR count). The fourth-order valence-corrected chi connectivity index (χ4v) is 3.93. The van der Waals surface area contributed by atoms with E-state index in [0.717, 1.165) is 15.6 Å². The van der Waals surface area contributed by atoms with Gasteiger partial charge in [0.1, 0.15) is 6.61 Å². The Balaban J connectivity index is 1.67. The maximum Gasteiger partial charge on any atom is 0.338 e. The van der Waals surface area contributed by atoms with Crippen LogP contribution in [0, 0.1) is 15.3 Å². The van der Waals surface area contributed by atoms with E-state index in [-0.39, 0.29) is 6.61 Å². The molecular formula is C18H13N3O2S3. The van der Waals surface area contributed by atoms with Gasteiger partial charge in [-0.2, -0.15) is 5.26 Å². The molecule has 1 heterocycles. The summed E-state index contributed by atoms with van der Waals surface area (Å²) in [5.74, 6) is -0.410. The Hall–Kier alpha value is -2.47. The molecule has 130 valence electrons. The molecule has 0 N–H and O–H groups in total. The van der Waals surface area contributed by atoms with E-state index >= 15 is 0 Å². The molecule has 0 saturated heterocycles. The second-order valence-electron chi connectivity index (χ2n) is 5.18. The van der Waals surface area contributed by atoms with Gasteiger partial charge < -0.3 is 4.74 Å². The molecule has 2 aromatic carbocycles. The molecule has 1 aromatic heterocycles. The van der Waals surface area contributed by atoms with E-state index in [9.17, 15) is 4.79 Å². The van der Waals surface area contributed by atoms with Crippen LogP contribution < -0.4 is 0 Å². The number of aromatic nitrogens is 2. The number of rotatable bonds is 5. The summed E-state index contributed by atoms with van der Waals surface area (Å²) < 4.78 is 8.54. The molecule has 26 heavy (non-hydrogen) atoms. The fourth-order valence-electron chi connectivity index (χ4n) is 2.15. The summed E-state index contributed by atoms with van der Waals surface area (Å²) in [4.78, 5) is 12.2. The van der Waals surface area contributed by atoms with E-state index < -0.39 is 5.97 Å². The zero-order valence-corrected chi connectivity index (χ0v) is 16.2. The van der Waals surface area contributed by atoms with Crippen LogP contribution in [0.2, 0.25) is 0 Å². The van der Waals surface area contributed by atoms with Crippen LogP contribution >= 0.6 is 35.3 Å². The maximum absolute atomic E-state index is 12.2. The van der Waals surface area contributed by atoms with Crippen LogP contribution in [-0.2, 0) is 11.3 Å². The zero-order chi connectivity index (χ0) is 18.5. The molecule has 0 unspecified atom stereocenters. The summed E-state index contributed by atoms with van der Waals surface area (Å²) in [7, 11) is 0. The molecule has 0 spiro atoms. The Labute approximate surface area is 163 Å². The molecule has 0 saturated carbocycles. The molecule has 0 atom stereocenters. The molecule has 0 bridgehead atoms. The van der Waals surface area contributed by atoms with Gasteiger partial charge in [-0.3, -0.25) is 0 Å². The number of hydrogen-bond acceptors (Lipinski definition) is 7. The lowest BCUT2D eigenvalue weighted by atomic mass is 10.1. The van der Waals surface area contributed by atoms with Gasteiger partial charge in [0.05, 0.1) is 22.9 Å². The molecule has 8 heteroatoms. The molecule has 0 aliphatic heterocycles. The van der Waals surface area contributed by atoms with Crippen LogP contribution in [0.25, 0.3) is 5.69 Å². The Morgan fingerprint density at radius 1 is 1.27 bits per heavy atom. The van der Waals surface area contributed by atoms with Gasteiger partial charge in [0.2, 0.25) is 0 Å². The van der Waals surface area contributed by atoms with Crippen LogP contribution in [0.15, 0.2) is 52.9 Å². The third-order valence-corrected chi connectivity index (χ3v) is 5.71. The van der Waals surface area contributed by atoms with E-state index in [1.165, 1.54) is 11.3 Å². The lowest BCUT2D eigenvalue weighted by Crippen LogP contribution is -2.06. The van der Waals surface area contributed by atoms with Gasteiger partial charge in [-0.05, 0) is 60.4 Å². The first-order chi connectivity index (χ1) is 12.6. The summed E-state index contributed by atoms with van der Waals surface area (Å²) in [5, 5.41) is 13.2. The van der Waals surface area contributed by atoms with Gasteiger partial charge in [-0.15, -0.1) is 5.10 Å². The minimum absolute atomic E-state index is 0.153. The largest absolute Gasteiger partial charge is 0.457 e. The standard InChI is InChI=1S/C18H13N3O2S3/c1-25-17-20-21(18(24)26-17)15-8-6-14(7-9-15)16(22)23-11-13-4-2-12(10-19)3-5-13/h2-9H,11H2,1H3. The number of hydrogen-bond donors (Lipinski definition) is 0. The minimum Gasteiger partial charge on any atom is -0.457 e. The van der Waals surface area contributed by atoms with E-state index in [0.29, 0.717) is 15.1 Å². The van der Waals surface area contributed by atoms with Crippen molar-refractivity contribution in [3.05, 3.63) is 69.2 Å². The first-order valence-electron chi connectivity index (χ1n) is 7.51. The Morgan fingerprint density at radius 3 is 2.54 bits per heavy atom. The second kappa shape index (κ2) is 8.27. The monoisotopic (exact) mass is 399 g/mol. The maximum atomic E-state index is 12.2. The molecule has 0 aliphatic carbocycles. The van der Waals surface area contributed by atoms with E-state index in [1.807, 2.05) is 12.3 Å². The summed E-state index contributed by atoms with van der Waals surface area (Å²) >= 11 is 8.30. The topological polar surface area (TPSA) is 67.9 Å². The van der Waals surface area contributed by atoms with Crippen molar-refractivity contribution in [1.82, 2.24) is 9.78 Å². The van der Waals surface area contributed by atoms with Gasteiger partial charge in [0.15, 0.2) is 8.29 Å². The third kappa shape index (κ3) is 4.19. The van der Waals surface area contributed by atoms with Crippen LogP contribution in [0.3, 0.4) is 0 Å². The van der Waals surface area contributed by atoms with Gasteiger partial charge in [0.25, 0.3) is 0 Å². The number of benzene rings is 2. The Bertz CT molecular complexity index is 1020. The zero-order valence-electron chi connectivity index (χ0n) is 13.7. The van der Waals surface area contributed by atoms with Crippen molar-refractivity contribution in [3.8, 4) is 11.8 Å². The molecule has 0 fully saturated rings. The lowest BCUT2D eigenvalue weighted by molar-refractivity contribution is 0.0472. The molecule has 3 aromatic rings. The van der Waals surface area contributed by atoms with Gasteiger partial charge in [-0.1, -0.05) is 35.2 Å². The van der Waals surface area contributed by atoms with Crippen LogP contribution in [0.4, 0.5) is 0 Å². The average Bonchev–Trinajstić information content (AvgIpc) is 3.07. The highest BCUT2D eigenvalue weighted by molar-refractivity contribution is 8.00. The highest BCUT2D eigenvalue weighted by atomic mass is 32.2. The number of carbonyl (C=O) groups is 1. The molecular weight excluding hydrogens is 386 g/mol. The molecule has 0 radical (unpaired) electrons. The van der Waals surface area contributed by atoms with Crippen molar-refractivity contribution in [3.63, 3.8) is 0 Å². The summed E-state index contributed by atoms with van der Waals surface area (Å²) in [6.07, 6.45) is 1.95. The number of thioether (sulfide) groups is 1. The smallest absolute Gasteiger partial charge is 0.338 e. The molecule has 5 nitrogen and oxygen atoms in total. The Morgan fingerprint density at radius 2 is 1.96 bits per heavy atom. The van der Waals surface area contributed by atoms with E-state index in [4.69, 9.17) is 22.2 Å². The minimum atomic E-state index is -0.410. The van der Waals surface area contributed by atoms with Gasteiger partial charge >= 0.3 is 5.97 Å². The van der Waals surface area contributed by atoms with Crippen molar-refractivity contribution >= 4 is 41.3 Å². The number of nitriles is 1. The van der Waals surface area contributed by atoms with E-state index in [2.05, 4.69) is 5.10 Å². The quantitative estimate of drug-likeness (QED) is 0.354. The average molecular weight is 400 g/mol. The van der Waals surface area contributed by atoms with Crippen molar-refractivity contribution in [1.29, 1.82) is 5.26 Å². The van der Waals surface area contributed by atoms with Crippen LogP contribution in [0.1, 0.15) is 21.5 Å². The molecule has 0 aliphatic rings. The predicted molar refractivity (Wildman–Crippen MR) is 104 cm³/mol.